The molecule has 1 saturated heterocycles. The maximum atomic E-state index is 13.5. The summed E-state index contributed by atoms with van der Waals surface area (Å²) < 4.78 is 3.01. The van der Waals surface area contributed by atoms with Crippen molar-refractivity contribution >= 4 is 16.8 Å². The molecular formula is C33H38N4O3. The number of piperidine rings is 1. The second kappa shape index (κ2) is 12.9. The molecule has 0 unspecified atom stereocenters. The number of rotatable bonds is 10. The van der Waals surface area contributed by atoms with E-state index in [9.17, 15) is 14.4 Å². The first-order valence-electron chi connectivity index (χ1n) is 14.3. The molecule has 1 aliphatic heterocycles. The molecule has 5 rings (SSSR count). The van der Waals surface area contributed by atoms with Crippen LogP contribution in [-0.4, -0.2) is 39.1 Å². The molecule has 0 atom stereocenters. The summed E-state index contributed by atoms with van der Waals surface area (Å²) in [6, 6.07) is 26.0. The molecule has 0 spiro atoms. The number of para-hydroxylation sites is 1. The van der Waals surface area contributed by atoms with Gasteiger partial charge in [0.25, 0.3) is 5.56 Å². The first kappa shape index (κ1) is 27.6. The third-order valence-corrected chi connectivity index (χ3v) is 7.83. The van der Waals surface area contributed by atoms with E-state index in [4.69, 9.17) is 0 Å². The minimum absolute atomic E-state index is 0.0455. The minimum Gasteiger partial charge on any atom is -0.353 e. The number of nitrogens with one attached hydrogen (secondary N) is 1. The van der Waals surface area contributed by atoms with E-state index in [0.29, 0.717) is 43.3 Å². The molecule has 0 bridgehead atoms. The van der Waals surface area contributed by atoms with Crippen molar-refractivity contribution < 1.29 is 4.79 Å². The Morgan fingerprint density at radius 3 is 2.23 bits per heavy atom. The summed E-state index contributed by atoms with van der Waals surface area (Å²) in [6.07, 6.45) is 3.50. The van der Waals surface area contributed by atoms with Crippen molar-refractivity contribution in [2.45, 2.75) is 64.7 Å². The normalized spacial score (nSPS) is 14.4. The zero-order chi connectivity index (χ0) is 27.9. The summed E-state index contributed by atoms with van der Waals surface area (Å²) in [5.41, 5.74) is 3.54. The van der Waals surface area contributed by atoms with Crippen molar-refractivity contribution in [3.63, 3.8) is 0 Å². The van der Waals surface area contributed by atoms with E-state index in [1.54, 1.807) is 10.6 Å². The molecule has 7 nitrogen and oxygen atoms in total. The van der Waals surface area contributed by atoms with Crippen LogP contribution in [0.4, 0.5) is 0 Å². The van der Waals surface area contributed by atoms with E-state index in [1.165, 1.54) is 10.1 Å². The molecule has 1 N–H and O–H groups in total. The number of benzene rings is 3. The number of carbonyl (C=O) groups excluding carboxylic acids is 1. The van der Waals surface area contributed by atoms with Gasteiger partial charge in [0.1, 0.15) is 0 Å². The average molecular weight is 539 g/mol. The van der Waals surface area contributed by atoms with Crippen molar-refractivity contribution in [1.29, 1.82) is 0 Å². The van der Waals surface area contributed by atoms with Crippen LogP contribution < -0.4 is 16.6 Å². The van der Waals surface area contributed by atoms with Gasteiger partial charge in [0.15, 0.2) is 0 Å². The molecule has 0 radical (unpaired) electrons. The van der Waals surface area contributed by atoms with Gasteiger partial charge in [0, 0.05) is 38.6 Å². The predicted octanol–water partition coefficient (Wildman–Crippen LogP) is 4.47. The SMILES string of the molecule is Cc1ccc(Cn2c(=O)n(CCCCC(=O)NC3CCN(Cc4ccccc4)CC3)c(=O)c3ccccc32)cc1. The van der Waals surface area contributed by atoms with Gasteiger partial charge < -0.3 is 5.32 Å². The molecule has 1 amide bonds. The Balaban J connectivity index is 1.15. The molecule has 2 heterocycles. The van der Waals surface area contributed by atoms with E-state index in [1.807, 2.05) is 55.5 Å². The summed E-state index contributed by atoms with van der Waals surface area (Å²) in [5, 5.41) is 3.72. The van der Waals surface area contributed by atoms with Crippen molar-refractivity contribution in [3.05, 3.63) is 116 Å². The van der Waals surface area contributed by atoms with E-state index in [2.05, 4.69) is 34.5 Å². The molecular weight excluding hydrogens is 500 g/mol. The van der Waals surface area contributed by atoms with Gasteiger partial charge in [0.2, 0.25) is 5.91 Å². The summed E-state index contributed by atoms with van der Waals surface area (Å²) in [6.45, 7) is 5.61. The average Bonchev–Trinajstić information content (AvgIpc) is 2.97. The Morgan fingerprint density at radius 2 is 1.48 bits per heavy atom. The molecule has 208 valence electrons. The molecule has 1 fully saturated rings. The molecule has 40 heavy (non-hydrogen) atoms. The van der Waals surface area contributed by atoms with Gasteiger partial charge in [-0.25, -0.2) is 4.79 Å². The zero-order valence-corrected chi connectivity index (χ0v) is 23.2. The number of nitrogens with zero attached hydrogens (tertiary/aromatic N) is 3. The highest BCUT2D eigenvalue weighted by molar-refractivity contribution is 5.78. The van der Waals surface area contributed by atoms with Crippen molar-refractivity contribution in [3.8, 4) is 0 Å². The van der Waals surface area contributed by atoms with E-state index >= 15 is 0 Å². The number of fused-ring (bicyclic) bond motifs is 1. The second-order valence-electron chi connectivity index (χ2n) is 10.9. The summed E-state index contributed by atoms with van der Waals surface area (Å²) in [7, 11) is 0. The summed E-state index contributed by atoms with van der Waals surface area (Å²) in [4.78, 5) is 41.7. The van der Waals surface area contributed by atoms with E-state index in [0.717, 1.165) is 43.6 Å². The number of hydrogen-bond acceptors (Lipinski definition) is 4. The first-order chi connectivity index (χ1) is 19.5. The number of aryl methyl sites for hydroxylation is 1. The third-order valence-electron chi connectivity index (χ3n) is 7.83. The number of unbranched alkanes of at least 4 members (excludes halogenated alkanes) is 1. The van der Waals surface area contributed by atoms with Gasteiger partial charge >= 0.3 is 5.69 Å². The smallest absolute Gasteiger partial charge is 0.331 e. The molecule has 4 aromatic rings. The first-order valence-corrected chi connectivity index (χ1v) is 14.3. The lowest BCUT2D eigenvalue weighted by atomic mass is 10.0. The lowest BCUT2D eigenvalue weighted by Crippen LogP contribution is -2.44. The molecule has 0 saturated carbocycles. The Kier molecular flexibility index (Phi) is 8.91. The zero-order valence-electron chi connectivity index (χ0n) is 23.2. The number of hydrogen-bond donors (Lipinski definition) is 1. The van der Waals surface area contributed by atoms with E-state index < -0.39 is 0 Å². The predicted molar refractivity (Wildman–Crippen MR) is 159 cm³/mol. The molecule has 1 aliphatic rings. The highest BCUT2D eigenvalue weighted by Crippen LogP contribution is 2.15. The minimum atomic E-state index is -0.309. The molecule has 7 heteroatoms. The number of amides is 1. The summed E-state index contributed by atoms with van der Waals surface area (Å²) in [5.74, 6) is 0.0455. The monoisotopic (exact) mass is 538 g/mol. The van der Waals surface area contributed by atoms with Gasteiger partial charge in [0.05, 0.1) is 17.4 Å². The number of aromatic nitrogens is 2. The third kappa shape index (κ3) is 6.77. The lowest BCUT2D eigenvalue weighted by Gasteiger charge is -2.32. The van der Waals surface area contributed by atoms with Crippen LogP contribution >= 0.6 is 0 Å². The van der Waals surface area contributed by atoms with Crippen molar-refractivity contribution in [1.82, 2.24) is 19.4 Å². The Bertz CT molecular complexity index is 1550. The fraction of sp³-hybridized carbons (Fsp3) is 0.364. The van der Waals surface area contributed by atoms with Gasteiger partial charge in [-0.1, -0.05) is 72.3 Å². The van der Waals surface area contributed by atoms with Gasteiger partial charge in [-0.05, 0) is 55.9 Å². The van der Waals surface area contributed by atoms with Crippen molar-refractivity contribution in [2.75, 3.05) is 13.1 Å². The van der Waals surface area contributed by atoms with Gasteiger partial charge in [-0.15, -0.1) is 0 Å². The van der Waals surface area contributed by atoms with E-state index in [-0.39, 0.29) is 23.2 Å². The van der Waals surface area contributed by atoms with Crippen LogP contribution in [0.25, 0.3) is 10.9 Å². The van der Waals surface area contributed by atoms with Gasteiger partial charge in [-0.2, -0.15) is 0 Å². The van der Waals surface area contributed by atoms with Crippen molar-refractivity contribution in [2.24, 2.45) is 0 Å². The fourth-order valence-corrected chi connectivity index (χ4v) is 5.53. The topological polar surface area (TPSA) is 76.3 Å². The van der Waals surface area contributed by atoms with Crippen LogP contribution in [0.1, 0.15) is 48.8 Å². The van der Waals surface area contributed by atoms with Crippen LogP contribution in [-0.2, 0) is 24.4 Å². The number of likely N-dealkylation sites (tertiary alicyclic amines) is 1. The van der Waals surface area contributed by atoms with Crippen LogP contribution in [0, 0.1) is 6.92 Å². The quantitative estimate of drug-likeness (QED) is 0.302. The standard InChI is InChI=1S/C33H38N4O3/c1-25-14-16-27(17-15-25)24-37-30-12-6-5-11-29(30)32(39)36(33(37)40)20-8-7-13-31(38)34-28-18-21-35(22-19-28)23-26-9-3-2-4-10-26/h2-6,9-12,14-17,28H,7-8,13,18-24H2,1H3,(H,34,38). The molecule has 0 aliphatic carbocycles. The maximum Gasteiger partial charge on any atom is 0.331 e. The highest BCUT2D eigenvalue weighted by atomic mass is 16.2. The van der Waals surface area contributed by atoms with Crippen LogP contribution in [0.2, 0.25) is 0 Å². The number of carbonyl (C=O) groups is 1. The maximum absolute atomic E-state index is 13.5. The summed E-state index contributed by atoms with van der Waals surface area (Å²) >= 11 is 0. The lowest BCUT2D eigenvalue weighted by molar-refractivity contribution is -0.122. The molecule has 3 aromatic carbocycles. The second-order valence-corrected chi connectivity index (χ2v) is 10.9. The fourth-order valence-electron chi connectivity index (χ4n) is 5.53. The Morgan fingerprint density at radius 1 is 0.800 bits per heavy atom. The van der Waals surface area contributed by atoms with Gasteiger partial charge in [-0.3, -0.25) is 23.6 Å². The van der Waals surface area contributed by atoms with Crippen LogP contribution in [0.5, 0.6) is 0 Å². The van der Waals surface area contributed by atoms with Crippen LogP contribution in [0.15, 0.2) is 88.5 Å². The Hall–Kier alpha value is -3.97. The Labute approximate surface area is 235 Å². The van der Waals surface area contributed by atoms with Crippen LogP contribution in [0.3, 0.4) is 0 Å². The highest BCUT2D eigenvalue weighted by Gasteiger charge is 2.20. The molecule has 1 aromatic heterocycles. The largest absolute Gasteiger partial charge is 0.353 e.